The molecule has 0 radical (unpaired) electrons. The molecule has 13 nitrogen and oxygen atoms in total. The van der Waals surface area contributed by atoms with E-state index in [1.54, 1.807) is 116 Å². The maximum atomic E-state index is 12.7. The molecule has 15 heteroatoms. The molecule has 0 aliphatic rings. The lowest BCUT2D eigenvalue weighted by Crippen LogP contribution is -2.04. The summed E-state index contributed by atoms with van der Waals surface area (Å²) >= 11 is 0. The van der Waals surface area contributed by atoms with Crippen LogP contribution in [0.2, 0.25) is 0 Å². The molecule has 0 spiro atoms. The van der Waals surface area contributed by atoms with Crippen molar-refractivity contribution in [3.63, 3.8) is 0 Å². The molecule has 0 aliphatic heterocycles. The van der Waals surface area contributed by atoms with Crippen LogP contribution in [0.3, 0.4) is 0 Å². The van der Waals surface area contributed by atoms with Crippen LogP contribution in [0, 0.1) is 13.8 Å². The fourth-order valence-corrected chi connectivity index (χ4v) is 6.46. The largest absolute Gasteiger partial charge is 0.440 e. The van der Waals surface area contributed by atoms with Crippen LogP contribution in [0.5, 0.6) is 0 Å². The maximum absolute atomic E-state index is 12.7. The van der Waals surface area contributed by atoms with Crippen molar-refractivity contribution in [3.05, 3.63) is 157 Å². The number of aliphatic imine (C=N–C) groups is 1. The van der Waals surface area contributed by atoms with Crippen LogP contribution in [-0.2, 0) is 19.7 Å². The first-order chi connectivity index (χ1) is 25.5. The first kappa shape index (κ1) is 39.3. The molecule has 0 amide bonds. The predicted molar refractivity (Wildman–Crippen MR) is 201 cm³/mol. The summed E-state index contributed by atoms with van der Waals surface area (Å²) in [5.41, 5.74) is 4.80. The quantitative estimate of drug-likeness (QED) is 0.129. The van der Waals surface area contributed by atoms with E-state index in [2.05, 4.69) is 41.6 Å². The number of rotatable bonds is 8. The van der Waals surface area contributed by atoms with Crippen molar-refractivity contribution in [2.45, 2.75) is 28.7 Å². The summed E-state index contributed by atoms with van der Waals surface area (Å²) in [7, 11) is -6.99. The summed E-state index contributed by atoms with van der Waals surface area (Å²) in [6, 6.07) is 29.4. The minimum atomic E-state index is -3.74. The molecule has 0 atom stereocenters. The maximum Gasteiger partial charge on any atom is 0.227 e. The number of aromatic amines is 1. The van der Waals surface area contributed by atoms with Crippen LogP contribution in [0.1, 0.15) is 21.6 Å². The standard InChI is InChI=1S/C15H12N2O3S.C9H11NO2S.C8H7N3.C6H5NO/c1-11-5-7-12(8-6-11)21(18,19)15-14(20-10-17-15)13-4-2-3-9-16-13;1-8-3-5-9(6-4-8)13(11,12)7-10-2;1-2-4-10-7(3-1)8-5-9-6-11-8;8-5-6-3-1-2-4-7-6/h2-10H,1H3;3-6H,2,7H2,1H3;1-6H,(H,9,11);1-5H. The van der Waals surface area contributed by atoms with Crippen molar-refractivity contribution in [2.24, 2.45) is 4.99 Å². The minimum Gasteiger partial charge on any atom is -0.440 e. The Kier molecular flexibility index (Phi) is 14.3. The van der Waals surface area contributed by atoms with Gasteiger partial charge in [-0.1, -0.05) is 53.6 Å². The fourth-order valence-electron chi connectivity index (χ4n) is 4.23. The molecule has 2 aromatic carbocycles. The first-order valence-electron chi connectivity index (χ1n) is 15.7. The van der Waals surface area contributed by atoms with E-state index in [1.165, 1.54) is 0 Å². The Morgan fingerprint density at radius 3 is 1.75 bits per heavy atom. The molecule has 7 rings (SSSR count). The van der Waals surface area contributed by atoms with Gasteiger partial charge in [-0.25, -0.2) is 26.8 Å². The van der Waals surface area contributed by atoms with E-state index in [0.717, 1.165) is 35.2 Å². The molecule has 5 aromatic heterocycles. The van der Waals surface area contributed by atoms with E-state index in [1.807, 2.05) is 32.0 Å². The van der Waals surface area contributed by atoms with Gasteiger partial charge in [0.1, 0.15) is 17.3 Å². The lowest BCUT2D eigenvalue weighted by atomic mass is 10.2. The second-order valence-electron chi connectivity index (χ2n) is 10.9. The normalized spacial score (nSPS) is 10.6. The number of aromatic nitrogens is 6. The number of nitrogens with one attached hydrogen (secondary N) is 1. The Balaban J connectivity index is 0.000000169. The van der Waals surface area contributed by atoms with Gasteiger partial charge in [-0.05, 0) is 81.2 Å². The fraction of sp³-hybridized carbons (Fsp3) is 0.0789. The molecule has 0 saturated heterocycles. The molecule has 0 aliphatic carbocycles. The Hall–Kier alpha value is -6.45. The Bertz CT molecular complexity index is 2370. The van der Waals surface area contributed by atoms with Gasteiger partial charge in [0.2, 0.25) is 14.9 Å². The van der Waals surface area contributed by atoms with Gasteiger partial charge >= 0.3 is 0 Å². The van der Waals surface area contributed by atoms with E-state index >= 15 is 0 Å². The Morgan fingerprint density at radius 2 is 1.28 bits per heavy atom. The number of aldehydes is 1. The van der Waals surface area contributed by atoms with Crippen LogP contribution in [0.15, 0.2) is 165 Å². The predicted octanol–water partition coefficient (Wildman–Crippen LogP) is 6.67. The van der Waals surface area contributed by atoms with Crippen molar-refractivity contribution in [3.8, 4) is 22.8 Å². The van der Waals surface area contributed by atoms with Crippen molar-refractivity contribution < 1.29 is 26.0 Å². The molecule has 0 unspecified atom stereocenters. The number of hydrogen-bond donors (Lipinski definition) is 1. The number of H-pyrrole nitrogens is 1. The third kappa shape index (κ3) is 11.5. The van der Waals surface area contributed by atoms with E-state index in [-0.39, 0.29) is 21.6 Å². The minimum absolute atomic E-state index is 0.120. The highest BCUT2D eigenvalue weighted by atomic mass is 32.2. The SMILES string of the molecule is C=NCS(=O)(=O)c1ccc(C)cc1.Cc1ccc(S(=O)(=O)c2ncoc2-c2ccccn2)cc1.O=Cc1ccccn1.c1ccc(-c2cnc[nH]2)nc1. The molecule has 0 fully saturated rings. The summed E-state index contributed by atoms with van der Waals surface area (Å²) < 4.78 is 53.3. The van der Waals surface area contributed by atoms with Crippen molar-refractivity contribution >= 4 is 32.7 Å². The number of carbonyl (C=O) groups excluding carboxylic acids is 1. The molecular weight excluding hydrogens is 715 g/mol. The lowest BCUT2D eigenvalue weighted by molar-refractivity contribution is 0.111. The molecule has 270 valence electrons. The van der Waals surface area contributed by atoms with Crippen LogP contribution in [-0.4, -0.2) is 65.6 Å². The molecule has 7 aromatic rings. The average Bonchev–Trinajstić information content (AvgIpc) is 3.92. The zero-order valence-electron chi connectivity index (χ0n) is 28.7. The summed E-state index contributed by atoms with van der Waals surface area (Å²) in [5.74, 6) is -0.105. The number of hydrogen-bond acceptors (Lipinski definition) is 12. The van der Waals surface area contributed by atoms with Crippen LogP contribution >= 0.6 is 0 Å². The summed E-state index contributed by atoms with van der Waals surface area (Å²) in [5, 5.41) is -0.120. The van der Waals surface area contributed by atoms with Crippen LogP contribution in [0.4, 0.5) is 0 Å². The van der Waals surface area contributed by atoms with Crippen LogP contribution in [0.25, 0.3) is 22.8 Å². The highest BCUT2D eigenvalue weighted by molar-refractivity contribution is 7.91. The van der Waals surface area contributed by atoms with E-state index < -0.39 is 19.7 Å². The number of oxazole rings is 1. The molecule has 5 heterocycles. The summed E-state index contributed by atoms with van der Waals surface area (Å²) in [6.45, 7) is 6.96. The van der Waals surface area contributed by atoms with Gasteiger partial charge in [-0.2, -0.15) is 0 Å². The monoisotopic (exact) mass is 749 g/mol. The van der Waals surface area contributed by atoms with Gasteiger partial charge in [-0.3, -0.25) is 24.7 Å². The Labute approximate surface area is 307 Å². The second kappa shape index (κ2) is 19.2. The Morgan fingerprint density at radius 1 is 0.717 bits per heavy atom. The van der Waals surface area contributed by atoms with Gasteiger partial charge in [0.15, 0.2) is 28.3 Å². The molecule has 53 heavy (non-hydrogen) atoms. The topological polar surface area (TPSA) is 191 Å². The molecule has 0 saturated carbocycles. The number of sulfone groups is 2. The number of aryl methyl sites for hydroxylation is 2. The average molecular weight is 750 g/mol. The third-order valence-electron chi connectivity index (χ3n) is 6.91. The number of pyridine rings is 3. The number of nitrogens with zero attached hydrogens (tertiary/aromatic N) is 6. The highest BCUT2D eigenvalue weighted by Crippen LogP contribution is 2.29. The van der Waals surface area contributed by atoms with E-state index in [4.69, 9.17) is 4.42 Å². The van der Waals surface area contributed by atoms with Crippen molar-refractivity contribution in [1.82, 2.24) is 29.9 Å². The number of carbonyl (C=O) groups is 1. The van der Waals surface area contributed by atoms with Crippen LogP contribution < -0.4 is 0 Å². The van der Waals surface area contributed by atoms with Crippen molar-refractivity contribution in [1.29, 1.82) is 0 Å². The summed E-state index contributed by atoms with van der Waals surface area (Å²) in [4.78, 5) is 36.5. The van der Waals surface area contributed by atoms with E-state index in [0.29, 0.717) is 16.3 Å². The smallest absolute Gasteiger partial charge is 0.227 e. The lowest BCUT2D eigenvalue weighted by Gasteiger charge is -2.04. The van der Waals surface area contributed by atoms with E-state index in [9.17, 15) is 21.6 Å². The highest BCUT2D eigenvalue weighted by Gasteiger charge is 2.27. The van der Waals surface area contributed by atoms with Gasteiger partial charge in [0, 0.05) is 18.6 Å². The molecule has 0 bridgehead atoms. The van der Waals surface area contributed by atoms with Gasteiger partial charge in [-0.15, -0.1) is 0 Å². The summed E-state index contributed by atoms with van der Waals surface area (Å²) in [6.07, 6.45) is 10.2. The number of benzene rings is 2. The van der Waals surface area contributed by atoms with Crippen molar-refractivity contribution in [2.75, 3.05) is 5.88 Å². The third-order valence-corrected chi connectivity index (χ3v) is 10.1. The first-order valence-corrected chi connectivity index (χ1v) is 18.8. The molecular formula is C38H35N7O6S2. The zero-order valence-corrected chi connectivity index (χ0v) is 30.4. The van der Waals surface area contributed by atoms with Gasteiger partial charge < -0.3 is 9.40 Å². The van der Waals surface area contributed by atoms with Gasteiger partial charge in [0.25, 0.3) is 0 Å². The molecule has 1 N–H and O–H groups in total. The number of imidazole rings is 1. The second-order valence-corrected chi connectivity index (χ2v) is 14.7. The van der Waals surface area contributed by atoms with Gasteiger partial charge in [0.05, 0.1) is 33.7 Å². The zero-order chi connectivity index (χ0) is 38.1.